The number of hydrogen-bond donors (Lipinski definition) is 1. The van der Waals surface area contributed by atoms with Gasteiger partial charge in [0, 0.05) is 38.4 Å². The summed E-state index contributed by atoms with van der Waals surface area (Å²) < 4.78 is 0. The van der Waals surface area contributed by atoms with E-state index in [1.807, 2.05) is 0 Å². The molecular weight excluding hydrogens is 320 g/mol. The largest absolute Gasteiger partial charge is 0.392 e. The summed E-state index contributed by atoms with van der Waals surface area (Å²) in [5, 5.41) is 10.3. The Morgan fingerprint density at radius 3 is 2.23 bits per heavy atom. The summed E-state index contributed by atoms with van der Waals surface area (Å²) >= 11 is 0. The summed E-state index contributed by atoms with van der Waals surface area (Å²) in [6.07, 6.45) is 11.5. The molecule has 0 radical (unpaired) electrons. The van der Waals surface area contributed by atoms with E-state index in [2.05, 4.69) is 47.9 Å². The lowest BCUT2D eigenvalue weighted by Crippen LogP contribution is -2.48. The molecule has 1 aromatic carbocycles. The fourth-order valence-electron chi connectivity index (χ4n) is 3.92. The highest BCUT2D eigenvalue weighted by Crippen LogP contribution is 2.18. The second-order valence-corrected chi connectivity index (χ2v) is 8.04. The van der Waals surface area contributed by atoms with Crippen molar-refractivity contribution in [1.82, 2.24) is 4.90 Å². The van der Waals surface area contributed by atoms with Gasteiger partial charge in [0.2, 0.25) is 0 Å². The summed E-state index contributed by atoms with van der Waals surface area (Å²) in [5.41, 5.74) is 2.66. The molecule has 1 heterocycles. The van der Waals surface area contributed by atoms with E-state index in [4.69, 9.17) is 0 Å². The molecular formula is C23H40N2O. The molecule has 0 aliphatic carbocycles. The maximum atomic E-state index is 10.3. The van der Waals surface area contributed by atoms with E-state index in [9.17, 15) is 5.11 Å². The third-order valence-electron chi connectivity index (χ3n) is 5.60. The molecule has 2 rings (SSSR count). The van der Waals surface area contributed by atoms with Crippen LogP contribution in [0.4, 0.5) is 5.69 Å². The van der Waals surface area contributed by atoms with Crippen LogP contribution in [0.5, 0.6) is 0 Å². The number of nitrogens with zero attached hydrogens (tertiary/aromatic N) is 2. The Morgan fingerprint density at radius 2 is 1.58 bits per heavy atom. The third-order valence-corrected chi connectivity index (χ3v) is 5.60. The molecule has 0 amide bonds. The molecule has 26 heavy (non-hydrogen) atoms. The Hall–Kier alpha value is -1.06. The molecule has 3 nitrogen and oxygen atoms in total. The highest BCUT2D eigenvalue weighted by Gasteiger charge is 2.19. The molecule has 0 spiro atoms. The summed E-state index contributed by atoms with van der Waals surface area (Å²) in [5.74, 6) is 0. The number of anilines is 1. The van der Waals surface area contributed by atoms with Crippen molar-refractivity contribution in [2.75, 3.05) is 37.6 Å². The van der Waals surface area contributed by atoms with Gasteiger partial charge in [-0.1, -0.05) is 70.4 Å². The molecule has 1 saturated heterocycles. The van der Waals surface area contributed by atoms with Gasteiger partial charge in [-0.05, 0) is 31.0 Å². The number of aliphatic hydroxyl groups is 1. The number of benzene rings is 1. The predicted octanol–water partition coefficient (Wildman–Crippen LogP) is 5.01. The van der Waals surface area contributed by atoms with Crippen LogP contribution in [0.25, 0.3) is 0 Å². The molecule has 1 fully saturated rings. The van der Waals surface area contributed by atoms with Crippen LogP contribution in [-0.2, 0) is 0 Å². The third kappa shape index (κ3) is 8.09. The molecule has 148 valence electrons. The second-order valence-electron chi connectivity index (χ2n) is 8.04. The zero-order valence-electron chi connectivity index (χ0n) is 17.1. The van der Waals surface area contributed by atoms with Gasteiger partial charge in [0.15, 0.2) is 0 Å². The summed E-state index contributed by atoms with van der Waals surface area (Å²) in [7, 11) is 0. The first-order valence-electron chi connectivity index (χ1n) is 10.9. The van der Waals surface area contributed by atoms with Crippen molar-refractivity contribution in [3.05, 3.63) is 29.8 Å². The van der Waals surface area contributed by atoms with E-state index >= 15 is 0 Å². The van der Waals surface area contributed by atoms with Gasteiger partial charge >= 0.3 is 0 Å². The maximum Gasteiger partial charge on any atom is 0.0667 e. The Bertz CT molecular complexity index is 483. The molecule has 1 aliphatic rings. The molecule has 3 heteroatoms. The summed E-state index contributed by atoms with van der Waals surface area (Å²) in [6, 6.07) is 8.78. The fraction of sp³-hybridized carbons (Fsp3) is 0.739. The van der Waals surface area contributed by atoms with Gasteiger partial charge < -0.3 is 10.0 Å². The van der Waals surface area contributed by atoms with Gasteiger partial charge in [0.25, 0.3) is 0 Å². The minimum absolute atomic E-state index is 0.152. The van der Waals surface area contributed by atoms with Crippen molar-refractivity contribution in [1.29, 1.82) is 0 Å². The average Bonchev–Trinajstić information content (AvgIpc) is 2.64. The number of hydrogen-bond acceptors (Lipinski definition) is 3. The molecule has 0 bridgehead atoms. The Labute approximate surface area is 161 Å². The van der Waals surface area contributed by atoms with E-state index in [1.165, 1.54) is 62.6 Å². The van der Waals surface area contributed by atoms with Crippen LogP contribution >= 0.6 is 0 Å². The van der Waals surface area contributed by atoms with Crippen molar-refractivity contribution >= 4 is 5.69 Å². The minimum atomic E-state index is -0.152. The SMILES string of the molecule is CCCCCCCCCC[C@H](O)CN1CCN(c2cccc(C)c2)CC1. The van der Waals surface area contributed by atoms with Crippen molar-refractivity contribution in [2.45, 2.75) is 77.7 Å². The van der Waals surface area contributed by atoms with Gasteiger partial charge in [-0.15, -0.1) is 0 Å². The Balaban J connectivity index is 1.53. The number of unbranched alkanes of at least 4 members (excludes halogenated alkanes) is 7. The number of aliphatic hydroxyl groups excluding tert-OH is 1. The molecule has 0 aromatic heterocycles. The van der Waals surface area contributed by atoms with Crippen LogP contribution < -0.4 is 4.90 Å². The van der Waals surface area contributed by atoms with Crippen LogP contribution in [0.3, 0.4) is 0 Å². The quantitative estimate of drug-likeness (QED) is 0.531. The van der Waals surface area contributed by atoms with Crippen LogP contribution in [0.15, 0.2) is 24.3 Å². The second kappa shape index (κ2) is 12.3. The lowest BCUT2D eigenvalue weighted by atomic mass is 10.1. The summed E-state index contributed by atoms with van der Waals surface area (Å²) in [6.45, 7) is 9.51. The predicted molar refractivity (Wildman–Crippen MR) is 113 cm³/mol. The number of rotatable bonds is 12. The van der Waals surface area contributed by atoms with Crippen LogP contribution in [0.1, 0.15) is 70.3 Å². The fourth-order valence-corrected chi connectivity index (χ4v) is 3.92. The van der Waals surface area contributed by atoms with E-state index in [1.54, 1.807) is 0 Å². The lowest BCUT2D eigenvalue weighted by Gasteiger charge is -2.37. The van der Waals surface area contributed by atoms with Gasteiger partial charge in [-0.3, -0.25) is 4.90 Å². The first kappa shape index (κ1) is 21.2. The number of β-amino-alcohol motifs (C(OH)–C–C–N with tert-alkyl or cyclic N) is 1. The van der Waals surface area contributed by atoms with Crippen LogP contribution in [0.2, 0.25) is 0 Å². The van der Waals surface area contributed by atoms with Crippen molar-refractivity contribution in [3.8, 4) is 0 Å². The van der Waals surface area contributed by atoms with E-state index in [0.29, 0.717) is 0 Å². The van der Waals surface area contributed by atoms with Crippen LogP contribution in [-0.4, -0.2) is 48.8 Å². The molecule has 1 N–H and O–H groups in total. The monoisotopic (exact) mass is 360 g/mol. The standard InChI is InChI=1S/C23H40N2O/c1-3-4-5-6-7-8-9-10-14-23(26)20-24-15-17-25(18-16-24)22-13-11-12-21(2)19-22/h11-13,19,23,26H,3-10,14-18,20H2,1-2H3/t23-/m0/s1. The highest BCUT2D eigenvalue weighted by molar-refractivity contribution is 5.48. The first-order valence-corrected chi connectivity index (χ1v) is 10.9. The zero-order chi connectivity index (χ0) is 18.6. The average molecular weight is 361 g/mol. The molecule has 0 unspecified atom stereocenters. The highest BCUT2D eigenvalue weighted by atomic mass is 16.3. The Kier molecular flexibility index (Phi) is 10.1. The van der Waals surface area contributed by atoms with E-state index in [-0.39, 0.29) is 6.10 Å². The minimum Gasteiger partial charge on any atom is -0.392 e. The van der Waals surface area contributed by atoms with Gasteiger partial charge in [0.05, 0.1) is 6.10 Å². The Morgan fingerprint density at radius 1 is 0.923 bits per heavy atom. The lowest BCUT2D eigenvalue weighted by molar-refractivity contribution is 0.0996. The van der Waals surface area contributed by atoms with Gasteiger partial charge in [0.1, 0.15) is 0 Å². The zero-order valence-corrected chi connectivity index (χ0v) is 17.1. The van der Waals surface area contributed by atoms with Crippen molar-refractivity contribution in [2.24, 2.45) is 0 Å². The smallest absolute Gasteiger partial charge is 0.0667 e. The molecule has 1 aromatic rings. The maximum absolute atomic E-state index is 10.3. The molecule has 1 aliphatic heterocycles. The topological polar surface area (TPSA) is 26.7 Å². The van der Waals surface area contributed by atoms with Gasteiger partial charge in [-0.2, -0.15) is 0 Å². The first-order chi connectivity index (χ1) is 12.7. The van der Waals surface area contributed by atoms with Gasteiger partial charge in [-0.25, -0.2) is 0 Å². The normalized spacial score (nSPS) is 16.8. The summed E-state index contributed by atoms with van der Waals surface area (Å²) in [4.78, 5) is 4.90. The number of aryl methyl sites for hydroxylation is 1. The molecule has 0 saturated carbocycles. The van der Waals surface area contributed by atoms with Crippen LogP contribution in [0, 0.1) is 6.92 Å². The number of piperazine rings is 1. The van der Waals surface area contributed by atoms with Crippen molar-refractivity contribution in [3.63, 3.8) is 0 Å². The van der Waals surface area contributed by atoms with E-state index in [0.717, 1.165) is 39.1 Å². The van der Waals surface area contributed by atoms with Crippen molar-refractivity contribution < 1.29 is 5.11 Å². The van der Waals surface area contributed by atoms with E-state index < -0.39 is 0 Å². The molecule has 1 atom stereocenters.